The smallest absolute Gasteiger partial charge is 0.335 e. The minimum atomic E-state index is -0.885. The SMILES string of the molecule is CCCCc1cc(C(=O)O)ccc1-c1ccc(CCNC[C@H](O)c2ccccc2)cc1. The molecule has 0 bridgehead atoms. The molecule has 162 valence electrons. The molecule has 3 aromatic rings. The Morgan fingerprint density at radius 2 is 1.71 bits per heavy atom. The van der Waals surface area contributed by atoms with Gasteiger partial charge in [0.2, 0.25) is 0 Å². The summed E-state index contributed by atoms with van der Waals surface area (Å²) >= 11 is 0. The molecule has 0 saturated carbocycles. The number of hydrogen-bond acceptors (Lipinski definition) is 3. The van der Waals surface area contributed by atoms with Crippen molar-refractivity contribution < 1.29 is 15.0 Å². The van der Waals surface area contributed by atoms with E-state index in [2.05, 4.69) is 36.5 Å². The molecule has 0 aliphatic heterocycles. The summed E-state index contributed by atoms with van der Waals surface area (Å²) in [7, 11) is 0. The number of nitrogens with one attached hydrogen (secondary N) is 1. The molecular weight excluding hydrogens is 386 g/mol. The topological polar surface area (TPSA) is 69.6 Å². The number of aromatic carboxylic acids is 1. The standard InChI is InChI=1S/C27H31NO3/c1-2-3-7-23-18-24(27(30)31)14-15-25(23)21-12-10-20(11-13-21)16-17-28-19-26(29)22-8-5-4-6-9-22/h4-6,8-15,18,26,28-29H,2-3,7,16-17,19H2,1H3,(H,30,31)/t26-/m0/s1. The molecule has 0 heterocycles. The van der Waals surface area contributed by atoms with E-state index in [0.717, 1.165) is 54.5 Å². The van der Waals surface area contributed by atoms with Gasteiger partial charge in [-0.2, -0.15) is 0 Å². The highest BCUT2D eigenvalue weighted by Crippen LogP contribution is 2.27. The van der Waals surface area contributed by atoms with E-state index in [1.807, 2.05) is 42.5 Å². The van der Waals surface area contributed by atoms with Gasteiger partial charge >= 0.3 is 5.97 Å². The maximum absolute atomic E-state index is 11.3. The Morgan fingerprint density at radius 1 is 0.968 bits per heavy atom. The summed E-state index contributed by atoms with van der Waals surface area (Å²) in [5.74, 6) is -0.885. The predicted octanol–water partition coefficient (Wildman–Crippen LogP) is 5.26. The second kappa shape index (κ2) is 11.4. The summed E-state index contributed by atoms with van der Waals surface area (Å²) in [5, 5.41) is 22.9. The average Bonchev–Trinajstić information content (AvgIpc) is 2.81. The number of aryl methyl sites for hydroxylation is 1. The maximum atomic E-state index is 11.3. The number of hydrogen-bond donors (Lipinski definition) is 3. The molecule has 1 atom stereocenters. The van der Waals surface area contributed by atoms with Crippen LogP contribution in [0.15, 0.2) is 72.8 Å². The van der Waals surface area contributed by atoms with Crippen LogP contribution in [0.25, 0.3) is 11.1 Å². The molecule has 3 rings (SSSR count). The van der Waals surface area contributed by atoms with Crippen molar-refractivity contribution in [2.24, 2.45) is 0 Å². The zero-order valence-corrected chi connectivity index (χ0v) is 18.1. The van der Waals surface area contributed by atoms with Crippen LogP contribution >= 0.6 is 0 Å². The third kappa shape index (κ3) is 6.51. The first kappa shape index (κ1) is 22.7. The van der Waals surface area contributed by atoms with Crippen LogP contribution in [0.4, 0.5) is 0 Å². The number of carboxylic acid groups (broad SMARTS) is 1. The summed E-state index contributed by atoms with van der Waals surface area (Å²) in [5.41, 5.74) is 5.80. The molecule has 0 spiro atoms. The third-order valence-corrected chi connectivity index (χ3v) is 5.53. The van der Waals surface area contributed by atoms with Gasteiger partial charge in [-0.25, -0.2) is 4.79 Å². The lowest BCUT2D eigenvalue weighted by molar-refractivity contribution is 0.0696. The van der Waals surface area contributed by atoms with E-state index in [1.54, 1.807) is 6.07 Å². The van der Waals surface area contributed by atoms with Crippen LogP contribution < -0.4 is 5.32 Å². The monoisotopic (exact) mass is 417 g/mol. The summed E-state index contributed by atoms with van der Waals surface area (Å²) in [6.45, 7) is 3.46. The zero-order valence-electron chi connectivity index (χ0n) is 18.1. The summed E-state index contributed by atoms with van der Waals surface area (Å²) < 4.78 is 0. The first-order valence-electron chi connectivity index (χ1n) is 11.0. The van der Waals surface area contributed by atoms with Gasteiger partial charge in [0.25, 0.3) is 0 Å². The molecule has 3 N–H and O–H groups in total. The molecule has 0 aliphatic carbocycles. The van der Waals surface area contributed by atoms with Gasteiger partial charge in [-0.1, -0.05) is 74.0 Å². The third-order valence-electron chi connectivity index (χ3n) is 5.53. The molecule has 0 aliphatic rings. The molecule has 31 heavy (non-hydrogen) atoms. The van der Waals surface area contributed by atoms with Gasteiger partial charge in [-0.15, -0.1) is 0 Å². The molecular formula is C27H31NO3. The van der Waals surface area contributed by atoms with Crippen molar-refractivity contribution in [3.05, 3.63) is 95.1 Å². The number of unbranched alkanes of at least 4 members (excludes halogenated alkanes) is 1. The first-order chi connectivity index (χ1) is 15.1. The molecule has 0 aromatic heterocycles. The van der Waals surface area contributed by atoms with E-state index in [-0.39, 0.29) is 0 Å². The number of aliphatic hydroxyl groups excluding tert-OH is 1. The number of benzene rings is 3. The van der Waals surface area contributed by atoms with Gasteiger partial charge in [0, 0.05) is 6.54 Å². The zero-order chi connectivity index (χ0) is 22.1. The molecule has 0 fully saturated rings. The lowest BCUT2D eigenvalue weighted by atomic mass is 9.93. The van der Waals surface area contributed by atoms with Crippen molar-refractivity contribution in [1.82, 2.24) is 5.32 Å². The number of carbonyl (C=O) groups is 1. The van der Waals surface area contributed by atoms with E-state index in [1.165, 1.54) is 5.56 Å². The van der Waals surface area contributed by atoms with Crippen LogP contribution in [0.5, 0.6) is 0 Å². The van der Waals surface area contributed by atoms with Gasteiger partial charge in [0.15, 0.2) is 0 Å². The molecule has 4 nitrogen and oxygen atoms in total. The molecule has 4 heteroatoms. The Bertz CT molecular complexity index is 968. The number of aliphatic hydroxyl groups is 1. The van der Waals surface area contributed by atoms with Gasteiger partial charge in [-0.3, -0.25) is 0 Å². The van der Waals surface area contributed by atoms with Gasteiger partial charge in [-0.05, 0) is 65.8 Å². The van der Waals surface area contributed by atoms with Crippen molar-refractivity contribution >= 4 is 5.97 Å². The Morgan fingerprint density at radius 3 is 2.39 bits per heavy atom. The van der Waals surface area contributed by atoms with Crippen molar-refractivity contribution in [2.45, 2.75) is 38.7 Å². The Balaban J connectivity index is 1.59. The lowest BCUT2D eigenvalue weighted by Crippen LogP contribution is -2.23. The van der Waals surface area contributed by atoms with Gasteiger partial charge in [0.05, 0.1) is 11.7 Å². The van der Waals surface area contributed by atoms with Crippen LogP contribution in [0.3, 0.4) is 0 Å². The van der Waals surface area contributed by atoms with E-state index in [4.69, 9.17) is 0 Å². The normalized spacial score (nSPS) is 11.9. The molecule has 0 saturated heterocycles. The van der Waals surface area contributed by atoms with Crippen LogP contribution in [0, 0.1) is 0 Å². The van der Waals surface area contributed by atoms with Gasteiger partial charge < -0.3 is 15.5 Å². The molecule has 0 radical (unpaired) electrons. The fourth-order valence-electron chi connectivity index (χ4n) is 3.70. The minimum absolute atomic E-state index is 0.343. The van der Waals surface area contributed by atoms with Gasteiger partial charge in [0.1, 0.15) is 0 Å². The lowest BCUT2D eigenvalue weighted by Gasteiger charge is -2.13. The number of rotatable bonds is 11. The molecule has 0 unspecified atom stereocenters. The van der Waals surface area contributed by atoms with Crippen LogP contribution in [0.2, 0.25) is 0 Å². The van der Waals surface area contributed by atoms with Crippen molar-refractivity contribution in [2.75, 3.05) is 13.1 Å². The highest BCUT2D eigenvalue weighted by molar-refractivity contribution is 5.89. The Hall–Kier alpha value is -2.95. The first-order valence-corrected chi connectivity index (χ1v) is 11.0. The summed E-state index contributed by atoms with van der Waals surface area (Å²) in [6, 6.07) is 23.6. The fourth-order valence-corrected chi connectivity index (χ4v) is 3.70. The van der Waals surface area contributed by atoms with E-state index in [0.29, 0.717) is 12.1 Å². The fraction of sp³-hybridized carbons (Fsp3) is 0.296. The second-order valence-electron chi connectivity index (χ2n) is 7.86. The predicted molar refractivity (Wildman–Crippen MR) is 125 cm³/mol. The van der Waals surface area contributed by atoms with Crippen molar-refractivity contribution in [3.63, 3.8) is 0 Å². The highest BCUT2D eigenvalue weighted by atomic mass is 16.4. The van der Waals surface area contributed by atoms with Crippen LogP contribution in [-0.2, 0) is 12.8 Å². The van der Waals surface area contributed by atoms with E-state index in [9.17, 15) is 15.0 Å². The second-order valence-corrected chi connectivity index (χ2v) is 7.86. The highest BCUT2D eigenvalue weighted by Gasteiger charge is 2.10. The largest absolute Gasteiger partial charge is 0.478 e. The van der Waals surface area contributed by atoms with E-state index < -0.39 is 12.1 Å². The minimum Gasteiger partial charge on any atom is -0.478 e. The summed E-state index contributed by atoms with van der Waals surface area (Å²) in [4.78, 5) is 11.3. The summed E-state index contributed by atoms with van der Waals surface area (Å²) in [6.07, 6.45) is 3.36. The molecule has 0 amide bonds. The molecule has 3 aromatic carbocycles. The average molecular weight is 418 g/mol. The van der Waals surface area contributed by atoms with Crippen molar-refractivity contribution in [1.29, 1.82) is 0 Å². The Labute approximate surface area is 184 Å². The number of carboxylic acids is 1. The van der Waals surface area contributed by atoms with Crippen LogP contribution in [-0.4, -0.2) is 29.3 Å². The quantitative estimate of drug-likeness (QED) is 0.372. The Kier molecular flexibility index (Phi) is 8.39. The van der Waals surface area contributed by atoms with E-state index >= 15 is 0 Å². The van der Waals surface area contributed by atoms with Crippen molar-refractivity contribution in [3.8, 4) is 11.1 Å². The maximum Gasteiger partial charge on any atom is 0.335 e. The van der Waals surface area contributed by atoms with Crippen LogP contribution in [0.1, 0.15) is 52.9 Å².